The maximum atomic E-state index is 12.3. The summed E-state index contributed by atoms with van der Waals surface area (Å²) in [4.78, 5) is 15.6. The van der Waals surface area contributed by atoms with E-state index in [9.17, 15) is 4.79 Å². The van der Waals surface area contributed by atoms with Gasteiger partial charge in [0.2, 0.25) is 0 Å². The third-order valence-electron chi connectivity index (χ3n) is 4.25. The van der Waals surface area contributed by atoms with Crippen molar-refractivity contribution in [2.75, 3.05) is 0 Å². The van der Waals surface area contributed by atoms with Gasteiger partial charge < -0.3 is 10.3 Å². The molecule has 5 heteroatoms. The van der Waals surface area contributed by atoms with Crippen molar-refractivity contribution in [3.63, 3.8) is 0 Å². The molecule has 4 rings (SSSR count). The van der Waals surface area contributed by atoms with Crippen LogP contribution in [0, 0.1) is 6.92 Å². The maximum absolute atomic E-state index is 12.3. The van der Waals surface area contributed by atoms with Gasteiger partial charge in [-0.05, 0) is 48.9 Å². The van der Waals surface area contributed by atoms with Crippen LogP contribution in [0.3, 0.4) is 0 Å². The van der Waals surface area contributed by atoms with Crippen molar-refractivity contribution in [1.82, 2.24) is 20.1 Å². The van der Waals surface area contributed by atoms with Gasteiger partial charge in [-0.2, -0.15) is 5.10 Å². The molecule has 0 atom stereocenters. The lowest BCUT2D eigenvalue weighted by atomic mass is 10.1. The number of carbonyl (C=O) groups is 1. The first-order valence-electron chi connectivity index (χ1n) is 7.62. The minimum absolute atomic E-state index is 0.0338. The molecule has 0 saturated carbocycles. The molecule has 22 heavy (non-hydrogen) atoms. The molecular formula is C17H18N4O. The highest BCUT2D eigenvalue weighted by atomic mass is 16.1. The number of benzene rings is 1. The summed E-state index contributed by atoms with van der Waals surface area (Å²) in [6, 6.07) is 8.33. The first-order chi connectivity index (χ1) is 10.7. The second-order valence-electron chi connectivity index (χ2n) is 5.89. The standard InChI is InChI=1S/C17H18N4O/c1-11-7-13-8-12(4-5-15(13)20-11)9-18-17(22)14-10-19-21-6-2-3-16(14)21/h4-5,7-8,10,20H,2-3,6,9H2,1H3,(H,18,22). The smallest absolute Gasteiger partial charge is 0.255 e. The number of carbonyl (C=O) groups excluding carboxylic acids is 1. The first kappa shape index (κ1) is 13.1. The van der Waals surface area contributed by atoms with E-state index in [1.807, 2.05) is 17.7 Å². The molecular weight excluding hydrogens is 276 g/mol. The van der Waals surface area contributed by atoms with Crippen molar-refractivity contribution in [1.29, 1.82) is 0 Å². The van der Waals surface area contributed by atoms with Gasteiger partial charge in [0, 0.05) is 24.3 Å². The van der Waals surface area contributed by atoms with Gasteiger partial charge in [0.05, 0.1) is 17.5 Å². The Morgan fingerprint density at radius 2 is 2.32 bits per heavy atom. The molecule has 1 aliphatic rings. The topological polar surface area (TPSA) is 62.7 Å². The third kappa shape index (κ3) is 2.19. The Labute approximate surface area is 128 Å². The van der Waals surface area contributed by atoms with E-state index >= 15 is 0 Å². The molecule has 0 unspecified atom stereocenters. The van der Waals surface area contributed by atoms with Crippen molar-refractivity contribution in [3.05, 3.63) is 53.0 Å². The van der Waals surface area contributed by atoms with Crippen molar-refractivity contribution < 1.29 is 4.79 Å². The largest absolute Gasteiger partial charge is 0.359 e. The quantitative estimate of drug-likeness (QED) is 0.780. The summed E-state index contributed by atoms with van der Waals surface area (Å²) in [5.41, 5.74) is 5.16. The van der Waals surface area contributed by atoms with Gasteiger partial charge >= 0.3 is 0 Å². The predicted octanol–water partition coefficient (Wildman–Crippen LogP) is 2.55. The Balaban J connectivity index is 1.49. The lowest BCUT2D eigenvalue weighted by molar-refractivity contribution is 0.0950. The van der Waals surface area contributed by atoms with Gasteiger partial charge in [0.25, 0.3) is 5.91 Å². The maximum Gasteiger partial charge on any atom is 0.255 e. The highest BCUT2D eigenvalue weighted by molar-refractivity contribution is 5.95. The minimum atomic E-state index is -0.0338. The van der Waals surface area contributed by atoms with Gasteiger partial charge in [-0.1, -0.05) is 6.07 Å². The van der Waals surface area contributed by atoms with Crippen LogP contribution in [0.4, 0.5) is 0 Å². The van der Waals surface area contributed by atoms with E-state index < -0.39 is 0 Å². The summed E-state index contributed by atoms with van der Waals surface area (Å²) in [7, 11) is 0. The van der Waals surface area contributed by atoms with Crippen molar-refractivity contribution in [2.24, 2.45) is 0 Å². The summed E-state index contributed by atoms with van der Waals surface area (Å²) >= 11 is 0. The zero-order chi connectivity index (χ0) is 15.1. The monoisotopic (exact) mass is 294 g/mol. The zero-order valence-electron chi connectivity index (χ0n) is 12.5. The second kappa shape index (κ2) is 5.02. The number of rotatable bonds is 3. The number of nitrogens with zero attached hydrogens (tertiary/aromatic N) is 2. The summed E-state index contributed by atoms with van der Waals surface area (Å²) in [5, 5.41) is 8.44. The fraction of sp³-hybridized carbons (Fsp3) is 0.294. The van der Waals surface area contributed by atoms with Crippen LogP contribution in [0.5, 0.6) is 0 Å². The number of nitrogens with one attached hydrogen (secondary N) is 2. The summed E-state index contributed by atoms with van der Waals surface area (Å²) in [6.45, 7) is 3.50. The van der Waals surface area contributed by atoms with E-state index in [2.05, 4.69) is 33.6 Å². The van der Waals surface area contributed by atoms with E-state index in [1.54, 1.807) is 6.20 Å². The fourth-order valence-electron chi connectivity index (χ4n) is 3.17. The van der Waals surface area contributed by atoms with Crippen LogP contribution in [0.2, 0.25) is 0 Å². The molecule has 2 N–H and O–H groups in total. The van der Waals surface area contributed by atoms with Crippen LogP contribution in [0.25, 0.3) is 10.9 Å². The van der Waals surface area contributed by atoms with Gasteiger partial charge in [-0.3, -0.25) is 9.48 Å². The molecule has 3 aromatic rings. The molecule has 0 bridgehead atoms. The Morgan fingerprint density at radius 3 is 3.23 bits per heavy atom. The number of H-pyrrole nitrogens is 1. The lowest BCUT2D eigenvalue weighted by Gasteiger charge is -2.05. The van der Waals surface area contributed by atoms with Gasteiger partial charge in [-0.25, -0.2) is 0 Å². The predicted molar refractivity (Wildman–Crippen MR) is 84.8 cm³/mol. The number of hydrogen-bond donors (Lipinski definition) is 2. The first-order valence-corrected chi connectivity index (χ1v) is 7.62. The zero-order valence-corrected chi connectivity index (χ0v) is 12.5. The number of aromatic amines is 1. The van der Waals surface area contributed by atoms with E-state index in [0.29, 0.717) is 6.54 Å². The van der Waals surface area contributed by atoms with E-state index in [1.165, 1.54) is 5.39 Å². The Bertz CT molecular complexity index is 859. The number of aryl methyl sites for hydroxylation is 2. The highest BCUT2D eigenvalue weighted by Gasteiger charge is 2.20. The Kier molecular flexibility index (Phi) is 2.99. The fourth-order valence-corrected chi connectivity index (χ4v) is 3.17. The number of amides is 1. The second-order valence-corrected chi connectivity index (χ2v) is 5.89. The number of aromatic nitrogens is 3. The van der Waals surface area contributed by atoms with E-state index in [4.69, 9.17) is 0 Å². The molecule has 0 fully saturated rings. The van der Waals surface area contributed by atoms with Gasteiger partial charge in [0.15, 0.2) is 0 Å². The van der Waals surface area contributed by atoms with Gasteiger partial charge in [0.1, 0.15) is 0 Å². The van der Waals surface area contributed by atoms with E-state index in [0.717, 1.165) is 47.4 Å². The summed E-state index contributed by atoms with van der Waals surface area (Å²) in [5.74, 6) is -0.0338. The number of fused-ring (bicyclic) bond motifs is 2. The van der Waals surface area contributed by atoms with Crippen molar-refractivity contribution in [2.45, 2.75) is 32.9 Å². The summed E-state index contributed by atoms with van der Waals surface area (Å²) in [6.07, 6.45) is 3.70. The van der Waals surface area contributed by atoms with Crippen LogP contribution in [0.15, 0.2) is 30.5 Å². The molecule has 2 aromatic heterocycles. The minimum Gasteiger partial charge on any atom is -0.359 e. The van der Waals surface area contributed by atoms with Crippen LogP contribution in [-0.2, 0) is 19.5 Å². The molecule has 0 spiro atoms. The van der Waals surface area contributed by atoms with Crippen molar-refractivity contribution in [3.8, 4) is 0 Å². The van der Waals surface area contributed by atoms with Crippen LogP contribution in [0.1, 0.15) is 33.7 Å². The molecule has 112 valence electrons. The Hall–Kier alpha value is -2.56. The molecule has 1 aliphatic heterocycles. The normalized spacial score (nSPS) is 13.5. The average molecular weight is 294 g/mol. The third-order valence-corrected chi connectivity index (χ3v) is 4.25. The molecule has 1 aromatic carbocycles. The average Bonchev–Trinajstić information content (AvgIpc) is 3.17. The van der Waals surface area contributed by atoms with Gasteiger partial charge in [-0.15, -0.1) is 0 Å². The lowest BCUT2D eigenvalue weighted by Crippen LogP contribution is -2.23. The van der Waals surface area contributed by atoms with Crippen LogP contribution in [-0.4, -0.2) is 20.7 Å². The molecule has 5 nitrogen and oxygen atoms in total. The molecule has 1 amide bonds. The van der Waals surface area contributed by atoms with Crippen molar-refractivity contribution >= 4 is 16.8 Å². The highest BCUT2D eigenvalue weighted by Crippen LogP contribution is 2.19. The molecule has 0 radical (unpaired) electrons. The SMILES string of the molecule is Cc1cc2cc(CNC(=O)c3cnn4c3CCC4)ccc2[nH]1. The molecule has 0 aliphatic carbocycles. The summed E-state index contributed by atoms with van der Waals surface area (Å²) < 4.78 is 1.93. The van der Waals surface area contributed by atoms with Crippen LogP contribution < -0.4 is 5.32 Å². The molecule has 3 heterocycles. The van der Waals surface area contributed by atoms with E-state index in [-0.39, 0.29) is 5.91 Å². The van der Waals surface area contributed by atoms with Crippen LogP contribution >= 0.6 is 0 Å². The Morgan fingerprint density at radius 1 is 1.41 bits per heavy atom. The molecule has 0 saturated heterocycles. The number of hydrogen-bond acceptors (Lipinski definition) is 2.